The summed E-state index contributed by atoms with van der Waals surface area (Å²) in [6.07, 6.45) is 0. The van der Waals surface area contributed by atoms with E-state index in [0.717, 1.165) is 11.3 Å². The smallest absolute Gasteiger partial charge is 0.336 e. The number of fused-ring (bicyclic) bond motifs is 1. The van der Waals surface area contributed by atoms with Crippen LogP contribution in [0.5, 0.6) is 0 Å². The molecular weight excluding hydrogens is 512 g/mol. The first-order chi connectivity index (χ1) is 17.7. The summed E-state index contributed by atoms with van der Waals surface area (Å²) in [5, 5.41) is 11.0. The van der Waals surface area contributed by atoms with Crippen LogP contribution in [0.1, 0.15) is 15.9 Å². The number of piperazine rings is 1. The van der Waals surface area contributed by atoms with Gasteiger partial charge in [0.2, 0.25) is 0 Å². The van der Waals surface area contributed by atoms with Crippen LogP contribution in [0.25, 0.3) is 10.9 Å². The monoisotopic (exact) mass is 536 g/mol. The van der Waals surface area contributed by atoms with Crippen molar-refractivity contribution < 1.29 is 18.3 Å². The number of hydrogen-bond acceptors (Lipinski definition) is 6. The Balaban J connectivity index is 1.41. The number of nitrogens with one attached hydrogen (secondary N) is 1. The third kappa shape index (κ3) is 5.19. The Morgan fingerprint density at radius 3 is 2.38 bits per heavy atom. The normalized spacial score (nSPS) is 14.1. The number of aryl methyl sites for hydroxylation is 1. The lowest BCUT2D eigenvalue weighted by Crippen LogP contribution is -2.47. The molecule has 37 heavy (non-hydrogen) atoms. The zero-order chi connectivity index (χ0) is 26.2. The summed E-state index contributed by atoms with van der Waals surface area (Å²) in [7, 11) is -3.83. The highest BCUT2D eigenvalue weighted by molar-refractivity contribution is 7.92. The second kappa shape index (κ2) is 9.91. The van der Waals surface area contributed by atoms with E-state index in [1.54, 1.807) is 30.3 Å². The molecule has 0 radical (unpaired) electrons. The molecule has 5 rings (SSSR count). The quantitative estimate of drug-likeness (QED) is 0.356. The van der Waals surface area contributed by atoms with Crippen LogP contribution in [-0.2, 0) is 10.0 Å². The van der Waals surface area contributed by atoms with Crippen molar-refractivity contribution in [1.29, 1.82) is 0 Å². The van der Waals surface area contributed by atoms with Crippen molar-refractivity contribution in [3.05, 3.63) is 88.9 Å². The topological polar surface area (TPSA) is 103 Å². The number of pyridine rings is 1. The minimum atomic E-state index is -3.83. The summed E-state index contributed by atoms with van der Waals surface area (Å²) in [4.78, 5) is 21.3. The van der Waals surface area contributed by atoms with Crippen LogP contribution in [0.2, 0.25) is 5.02 Å². The van der Waals surface area contributed by atoms with Crippen LogP contribution in [0.4, 0.5) is 17.2 Å². The second-order valence-electron chi connectivity index (χ2n) is 8.91. The van der Waals surface area contributed by atoms with Crippen LogP contribution in [0, 0.1) is 6.92 Å². The van der Waals surface area contributed by atoms with Gasteiger partial charge in [-0.3, -0.25) is 4.72 Å². The van der Waals surface area contributed by atoms with E-state index in [1.165, 1.54) is 12.1 Å². The van der Waals surface area contributed by atoms with E-state index in [0.29, 0.717) is 47.9 Å². The number of aromatic carboxylic acids is 1. The third-order valence-electron chi connectivity index (χ3n) is 6.37. The molecule has 1 aromatic heterocycles. The zero-order valence-corrected chi connectivity index (χ0v) is 21.6. The van der Waals surface area contributed by atoms with Crippen molar-refractivity contribution in [2.75, 3.05) is 40.7 Å². The average Bonchev–Trinajstić information content (AvgIpc) is 2.88. The molecule has 1 aliphatic rings. The number of benzene rings is 3. The number of sulfonamides is 1. The molecule has 0 amide bonds. The molecule has 4 aromatic rings. The Morgan fingerprint density at radius 1 is 0.946 bits per heavy atom. The molecule has 2 N–H and O–H groups in total. The maximum atomic E-state index is 12.9. The van der Waals surface area contributed by atoms with Crippen LogP contribution in [-0.4, -0.2) is 50.7 Å². The van der Waals surface area contributed by atoms with Gasteiger partial charge < -0.3 is 14.9 Å². The number of anilines is 3. The standard InChI is InChI=1S/C27H25ClN4O4S/c1-18-5-4-6-20(15-18)37(35,36)30-19-9-10-24-21(16-19)22(27(33)34)17-26(29-24)32-13-11-31(12-14-32)25-8-3-2-7-23(25)28/h2-10,15-17,30H,11-14H2,1H3,(H,33,34). The molecule has 0 bridgehead atoms. The van der Waals surface area contributed by atoms with Crippen LogP contribution >= 0.6 is 11.6 Å². The highest BCUT2D eigenvalue weighted by atomic mass is 35.5. The average molecular weight is 537 g/mol. The highest BCUT2D eigenvalue weighted by Gasteiger charge is 2.23. The van der Waals surface area contributed by atoms with Gasteiger partial charge in [0.15, 0.2) is 0 Å². The number of aromatic nitrogens is 1. The number of hydrogen-bond donors (Lipinski definition) is 2. The highest BCUT2D eigenvalue weighted by Crippen LogP contribution is 2.30. The van der Waals surface area contributed by atoms with Gasteiger partial charge in [0.1, 0.15) is 5.82 Å². The number of rotatable bonds is 6. The van der Waals surface area contributed by atoms with E-state index in [4.69, 9.17) is 16.6 Å². The minimum absolute atomic E-state index is 0.0603. The fraction of sp³-hybridized carbons (Fsp3) is 0.185. The van der Waals surface area contributed by atoms with Gasteiger partial charge >= 0.3 is 5.97 Å². The second-order valence-corrected chi connectivity index (χ2v) is 11.0. The molecule has 0 atom stereocenters. The van der Waals surface area contributed by atoms with Gasteiger partial charge in [0.05, 0.1) is 26.7 Å². The lowest BCUT2D eigenvalue weighted by molar-refractivity contribution is 0.0699. The predicted molar refractivity (Wildman–Crippen MR) is 147 cm³/mol. The summed E-state index contributed by atoms with van der Waals surface area (Å²) in [5.41, 5.74) is 2.59. The van der Waals surface area contributed by atoms with E-state index >= 15 is 0 Å². The van der Waals surface area contributed by atoms with Crippen molar-refractivity contribution in [1.82, 2.24) is 4.98 Å². The Hall–Kier alpha value is -3.82. The van der Waals surface area contributed by atoms with E-state index in [1.807, 2.05) is 42.2 Å². The van der Waals surface area contributed by atoms with Crippen LogP contribution < -0.4 is 14.5 Å². The molecule has 10 heteroatoms. The van der Waals surface area contributed by atoms with Crippen molar-refractivity contribution >= 4 is 55.7 Å². The molecule has 0 unspecified atom stereocenters. The van der Waals surface area contributed by atoms with Gasteiger partial charge in [-0.2, -0.15) is 0 Å². The number of para-hydroxylation sites is 1. The van der Waals surface area contributed by atoms with E-state index < -0.39 is 16.0 Å². The minimum Gasteiger partial charge on any atom is -0.478 e. The SMILES string of the molecule is Cc1cccc(S(=O)(=O)Nc2ccc3nc(N4CCN(c5ccccc5Cl)CC4)cc(C(=O)O)c3c2)c1. The Labute approximate surface area is 220 Å². The number of carboxylic acid groups (broad SMARTS) is 1. The first kappa shape index (κ1) is 24.9. The first-order valence-electron chi connectivity index (χ1n) is 11.7. The predicted octanol–water partition coefficient (Wildman–Crippen LogP) is 5.02. The van der Waals surface area contributed by atoms with Crippen LogP contribution in [0.15, 0.2) is 77.7 Å². The Kier molecular flexibility index (Phi) is 6.66. The first-order valence-corrected chi connectivity index (χ1v) is 13.6. The van der Waals surface area contributed by atoms with E-state index in [-0.39, 0.29) is 16.1 Å². The maximum Gasteiger partial charge on any atom is 0.336 e. The largest absolute Gasteiger partial charge is 0.478 e. The summed E-state index contributed by atoms with van der Waals surface area (Å²) in [6, 6.07) is 20.6. The maximum absolute atomic E-state index is 12.9. The fourth-order valence-electron chi connectivity index (χ4n) is 4.50. The zero-order valence-electron chi connectivity index (χ0n) is 20.1. The van der Waals surface area contributed by atoms with Crippen molar-refractivity contribution in [2.24, 2.45) is 0 Å². The summed E-state index contributed by atoms with van der Waals surface area (Å²) in [5.74, 6) is -0.543. The van der Waals surface area contributed by atoms with Gasteiger partial charge in [-0.25, -0.2) is 18.2 Å². The Morgan fingerprint density at radius 2 is 1.68 bits per heavy atom. The molecule has 0 spiro atoms. The summed E-state index contributed by atoms with van der Waals surface area (Å²) < 4.78 is 28.3. The third-order valence-corrected chi connectivity index (χ3v) is 8.07. The lowest BCUT2D eigenvalue weighted by atomic mass is 10.1. The molecular formula is C27H25ClN4O4S. The van der Waals surface area contributed by atoms with Gasteiger partial charge in [0.25, 0.3) is 10.0 Å². The summed E-state index contributed by atoms with van der Waals surface area (Å²) >= 11 is 6.35. The number of carboxylic acids is 1. The van der Waals surface area contributed by atoms with Gasteiger partial charge in [0, 0.05) is 37.3 Å². The lowest BCUT2D eigenvalue weighted by Gasteiger charge is -2.37. The van der Waals surface area contributed by atoms with E-state index in [2.05, 4.69) is 9.62 Å². The molecule has 190 valence electrons. The molecule has 3 aromatic carbocycles. The molecule has 0 saturated carbocycles. The fourth-order valence-corrected chi connectivity index (χ4v) is 5.90. The van der Waals surface area contributed by atoms with Crippen LogP contribution in [0.3, 0.4) is 0 Å². The molecule has 1 fully saturated rings. The molecule has 1 aliphatic heterocycles. The van der Waals surface area contributed by atoms with Crippen molar-refractivity contribution in [3.8, 4) is 0 Å². The van der Waals surface area contributed by atoms with Gasteiger partial charge in [-0.15, -0.1) is 0 Å². The molecule has 2 heterocycles. The van der Waals surface area contributed by atoms with Gasteiger partial charge in [-0.1, -0.05) is 35.9 Å². The molecule has 1 saturated heterocycles. The van der Waals surface area contributed by atoms with Crippen molar-refractivity contribution in [3.63, 3.8) is 0 Å². The van der Waals surface area contributed by atoms with Crippen molar-refractivity contribution in [2.45, 2.75) is 11.8 Å². The number of carbonyl (C=O) groups is 1. The number of nitrogens with zero attached hydrogens (tertiary/aromatic N) is 3. The summed E-state index contributed by atoms with van der Waals surface area (Å²) in [6.45, 7) is 4.54. The number of halogens is 1. The van der Waals surface area contributed by atoms with Gasteiger partial charge in [-0.05, 0) is 61.0 Å². The van der Waals surface area contributed by atoms with E-state index in [9.17, 15) is 18.3 Å². The Bertz CT molecular complexity index is 1600. The molecule has 8 nitrogen and oxygen atoms in total. The molecule has 0 aliphatic carbocycles.